The molecule has 22 heavy (non-hydrogen) atoms. The number of hydrogen-bond acceptors (Lipinski definition) is 4. The SMILES string of the molecule is COC(=O)C[C@@H](Nc1ccc(OC)cc1)c1ccc(F)cc1. The van der Waals surface area contributed by atoms with Crippen molar-refractivity contribution >= 4 is 11.7 Å². The molecule has 1 atom stereocenters. The molecule has 0 aliphatic heterocycles. The van der Waals surface area contributed by atoms with E-state index in [0.717, 1.165) is 17.0 Å². The standard InChI is InChI=1S/C17H18FNO3/c1-21-15-9-7-14(8-10-15)19-16(11-17(20)22-2)12-3-5-13(18)6-4-12/h3-10,16,19H,11H2,1-2H3/t16-/m1/s1. The zero-order valence-electron chi connectivity index (χ0n) is 12.5. The van der Waals surface area contributed by atoms with Crippen LogP contribution in [0.5, 0.6) is 5.75 Å². The third-order valence-electron chi connectivity index (χ3n) is 3.30. The summed E-state index contributed by atoms with van der Waals surface area (Å²) in [5.41, 5.74) is 1.64. The lowest BCUT2D eigenvalue weighted by atomic mass is 10.0. The second kappa shape index (κ2) is 7.45. The number of ether oxygens (including phenoxy) is 2. The van der Waals surface area contributed by atoms with E-state index in [2.05, 4.69) is 5.32 Å². The summed E-state index contributed by atoms with van der Waals surface area (Å²) in [5.74, 6) is 0.0946. The first kappa shape index (κ1) is 15.8. The molecule has 2 rings (SSSR count). The summed E-state index contributed by atoms with van der Waals surface area (Å²) >= 11 is 0. The van der Waals surface area contributed by atoms with Gasteiger partial charge in [-0.15, -0.1) is 0 Å². The van der Waals surface area contributed by atoms with Crippen LogP contribution in [0, 0.1) is 5.82 Å². The summed E-state index contributed by atoms with van der Waals surface area (Å²) in [6.45, 7) is 0. The largest absolute Gasteiger partial charge is 0.497 e. The van der Waals surface area contributed by atoms with Crippen LogP contribution in [0.2, 0.25) is 0 Å². The molecule has 0 spiro atoms. The highest BCUT2D eigenvalue weighted by Crippen LogP contribution is 2.25. The van der Waals surface area contributed by atoms with Gasteiger partial charge in [-0.05, 0) is 42.0 Å². The van der Waals surface area contributed by atoms with Crippen molar-refractivity contribution in [2.75, 3.05) is 19.5 Å². The van der Waals surface area contributed by atoms with Crippen LogP contribution in [0.1, 0.15) is 18.0 Å². The lowest BCUT2D eigenvalue weighted by molar-refractivity contribution is -0.140. The lowest BCUT2D eigenvalue weighted by Crippen LogP contribution is -2.16. The van der Waals surface area contributed by atoms with Gasteiger partial charge in [0.15, 0.2) is 0 Å². The highest BCUT2D eigenvalue weighted by Gasteiger charge is 2.16. The van der Waals surface area contributed by atoms with E-state index in [4.69, 9.17) is 9.47 Å². The van der Waals surface area contributed by atoms with Crippen LogP contribution in [0.4, 0.5) is 10.1 Å². The lowest BCUT2D eigenvalue weighted by Gasteiger charge is -2.19. The van der Waals surface area contributed by atoms with Crippen LogP contribution in [-0.2, 0) is 9.53 Å². The first-order valence-electron chi connectivity index (χ1n) is 6.85. The molecular weight excluding hydrogens is 285 g/mol. The van der Waals surface area contributed by atoms with Gasteiger partial charge in [0.25, 0.3) is 0 Å². The van der Waals surface area contributed by atoms with E-state index < -0.39 is 0 Å². The van der Waals surface area contributed by atoms with E-state index in [1.165, 1.54) is 19.2 Å². The van der Waals surface area contributed by atoms with E-state index in [-0.39, 0.29) is 24.2 Å². The highest BCUT2D eigenvalue weighted by atomic mass is 19.1. The molecule has 0 radical (unpaired) electrons. The molecule has 116 valence electrons. The molecule has 0 saturated carbocycles. The number of carbonyl (C=O) groups is 1. The Morgan fingerprint density at radius 3 is 2.27 bits per heavy atom. The molecule has 0 fully saturated rings. The van der Waals surface area contributed by atoms with Crippen LogP contribution in [0.15, 0.2) is 48.5 Å². The van der Waals surface area contributed by atoms with Gasteiger partial charge in [-0.1, -0.05) is 12.1 Å². The second-order valence-electron chi connectivity index (χ2n) is 4.76. The monoisotopic (exact) mass is 303 g/mol. The number of hydrogen-bond donors (Lipinski definition) is 1. The average molecular weight is 303 g/mol. The van der Waals surface area contributed by atoms with Gasteiger partial charge in [-0.2, -0.15) is 0 Å². The van der Waals surface area contributed by atoms with Crippen molar-refractivity contribution in [1.82, 2.24) is 0 Å². The minimum absolute atomic E-state index is 0.147. The maximum atomic E-state index is 13.1. The molecule has 2 aromatic rings. The van der Waals surface area contributed by atoms with Crippen molar-refractivity contribution in [3.63, 3.8) is 0 Å². The second-order valence-corrected chi connectivity index (χ2v) is 4.76. The number of benzene rings is 2. The van der Waals surface area contributed by atoms with E-state index in [0.29, 0.717) is 0 Å². The molecule has 0 aliphatic carbocycles. The quantitative estimate of drug-likeness (QED) is 0.829. The van der Waals surface area contributed by atoms with Gasteiger partial charge in [0, 0.05) is 5.69 Å². The molecule has 0 saturated heterocycles. The Morgan fingerprint density at radius 1 is 1.09 bits per heavy atom. The molecule has 2 aromatic carbocycles. The van der Waals surface area contributed by atoms with Crippen molar-refractivity contribution < 1.29 is 18.7 Å². The van der Waals surface area contributed by atoms with Crippen molar-refractivity contribution in [2.45, 2.75) is 12.5 Å². The summed E-state index contributed by atoms with van der Waals surface area (Å²) < 4.78 is 22.9. The number of methoxy groups -OCH3 is 2. The van der Waals surface area contributed by atoms with Gasteiger partial charge in [-0.3, -0.25) is 4.79 Å². The van der Waals surface area contributed by atoms with E-state index in [1.807, 2.05) is 24.3 Å². The van der Waals surface area contributed by atoms with E-state index in [9.17, 15) is 9.18 Å². The summed E-state index contributed by atoms with van der Waals surface area (Å²) in [5, 5.41) is 3.25. The van der Waals surface area contributed by atoms with Crippen LogP contribution in [-0.4, -0.2) is 20.2 Å². The summed E-state index contributed by atoms with van der Waals surface area (Å²) in [6.07, 6.45) is 0.147. The first-order chi connectivity index (χ1) is 10.6. The predicted molar refractivity (Wildman–Crippen MR) is 82.4 cm³/mol. The number of nitrogens with one attached hydrogen (secondary N) is 1. The average Bonchev–Trinajstić information content (AvgIpc) is 2.55. The van der Waals surface area contributed by atoms with Crippen LogP contribution in [0.3, 0.4) is 0 Å². The smallest absolute Gasteiger partial charge is 0.307 e. The topological polar surface area (TPSA) is 47.6 Å². The van der Waals surface area contributed by atoms with Gasteiger partial charge in [0.1, 0.15) is 11.6 Å². The number of anilines is 1. The van der Waals surface area contributed by atoms with Crippen molar-refractivity contribution in [1.29, 1.82) is 0 Å². The van der Waals surface area contributed by atoms with Crippen LogP contribution >= 0.6 is 0 Å². The van der Waals surface area contributed by atoms with Gasteiger partial charge in [0.05, 0.1) is 26.7 Å². The van der Waals surface area contributed by atoms with E-state index in [1.54, 1.807) is 19.2 Å². The molecule has 0 unspecified atom stereocenters. The van der Waals surface area contributed by atoms with Crippen molar-refractivity contribution in [3.8, 4) is 5.75 Å². The summed E-state index contributed by atoms with van der Waals surface area (Å²) in [7, 11) is 2.94. The number of esters is 1. The fourth-order valence-corrected chi connectivity index (χ4v) is 2.09. The summed E-state index contributed by atoms with van der Waals surface area (Å²) in [4.78, 5) is 11.6. The number of carbonyl (C=O) groups excluding carboxylic acids is 1. The Labute approximate surface area is 128 Å². The van der Waals surface area contributed by atoms with Gasteiger partial charge < -0.3 is 14.8 Å². The third kappa shape index (κ3) is 4.22. The maximum Gasteiger partial charge on any atom is 0.307 e. The fraction of sp³-hybridized carbons (Fsp3) is 0.235. The fourth-order valence-electron chi connectivity index (χ4n) is 2.09. The zero-order chi connectivity index (χ0) is 15.9. The highest BCUT2D eigenvalue weighted by molar-refractivity contribution is 5.71. The van der Waals surface area contributed by atoms with Gasteiger partial charge in [-0.25, -0.2) is 4.39 Å². The Balaban J connectivity index is 2.19. The third-order valence-corrected chi connectivity index (χ3v) is 3.30. The summed E-state index contributed by atoms with van der Waals surface area (Å²) in [6, 6.07) is 13.1. The molecular formula is C17H18FNO3. The van der Waals surface area contributed by atoms with Crippen molar-refractivity contribution in [2.24, 2.45) is 0 Å². The Bertz CT molecular complexity index is 611. The molecule has 0 aromatic heterocycles. The predicted octanol–water partition coefficient (Wildman–Crippen LogP) is 3.55. The molecule has 0 bridgehead atoms. The number of halogens is 1. The minimum atomic E-state index is -0.338. The Morgan fingerprint density at radius 2 is 1.73 bits per heavy atom. The number of rotatable bonds is 6. The van der Waals surface area contributed by atoms with Crippen LogP contribution in [0.25, 0.3) is 0 Å². The molecule has 0 aliphatic rings. The first-order valence-corrected chi connectivity index (χ1v) is 6.85. The Hall–Kier alpha value is -2.56. The van der Waals surface area contributed by atoms with Crippen LogP contribution < -0.4 is 10.1 Å². The van der Waals surface area contributed by atoms with Crippen molar-refractivity contribution in [3.05, 3.63) is 59.9 Å². The molecule has 0 heterocycles. The minimum Gasteiger partial charge on any atom is -0.497 e. The van der Waals surface area contributed by atoms with E-state index >= 15 is 0 Å². The Kier molecular flexibility index (Phi) is 5.36. The molecule has 5 heteroatoms. The maximum absolute atomic E-state index is 13.1. The van der Waals surface area contributed by atoms with Gasteiger partial charge in [0.2, 0.25) is 0 Å². The normalized spacial score (nSPS) is 11.6. The molecule has 1 N–H and O–H groups in total. The van der Waals surface area contributed by atoms with Gasteiger partial charge >= 0.3 is 5.97 Å². The molecule has 0 amide bonds. The molecule has 4 nitrogen and oxygen atoms in total. The zero-order valence-corrected chi connectivity index (χ0v) is 12.5.